The third-order valence-corrected chi connectivity index (χ3v) is 34.4. The number of benzene rings is 3. The Hall–Kier alpha value is -6.87. The molecule has 3 aromatic carbocycles. The van der Waals surface area contributed by atoms with Crippen LogP contribution in [0.1, 0.15) is 205 Å². The quantitative estimate of drug-likeness (QED) is 0.0144. The summed E-state index contributed by atoms with van der Waals surface area (Å²) in [4.78, 5) is 140. The molecule has 0 aromatic heterocycles. The Morgan fingerprint density at radius 2 is 0.512 bits per heavy atom. The van der Waals surface area contributed by atoms with Crippen LogP contribution in [0.2, 0.25) is 0 Å². The van der Waals surface area contributed by atoms with Gasteiger partial charge in [-0.25, -0.2) is 0 Å². The highest BCUT2D eigenvalue weighted by Gasteiger charge is 2.36. The van der Waals surface area contributed by atoms with Gasteiger partial charge in [0.15, 0.2) is 0 Å². The number of rotatable bonds is 53. The predicted molar refractivity (Wildman–Crippen MR) is 493 cm³/mol. The van der Waals surface area contributed by atoms with Crippen molar-refractivity contribution < 1.29 is 145 Å². The summed E-state index contributed by atoms with van der Waals surface area (Å²) in [5.41, 5.74) is 2.72. The van der Waals surface area contributed by atoms with Crippen molar-refractivity contribution in [3.63, 3.8) is 0 Å². The lowest BCUT2D eigenvalue weighted by atomic mass is 10.1. The first-order chi connectivity index (χ1) is 57.7. The van der Waals surface area contributed by atoms with E-state index >= 15 is 0 Å². The Kier molecular flexibility index (Phi) is 66.2. The molecule has 0 radical (unpaired) electrons. The van der Waals surface area contributed by atoms with E-state index in [0.29, 0.717) is 67.2 Å². The van der Waals surface area contributed by atoms with Crippen molar-refractivity contribution >= 4 is 109 Å². The SMILES string of the molecule is CC(CP(=O)(O)CC(CCC(=O)O)C(=O)O)C(=O)O.CC(CP(=O)(O)CC(CCC(=O)O)C(=O)O)C(=O)OCc1ccccc1.CCCC(C)CP(C)(=O)CC(C)C(=O)O.CCCC(C)CP(C)(=O)CC(C)C(=O)O.CCCC(C)CP(C)(=O)CC(C)C(=O)OCc1ccccc1.CCCC(C)CP(C)(=O)CC(C)C(=O)OCc1ccccc1.CCOC(C)=O. The summed E-state index contributed by atoms with van der Waals surface area (Å²) >= 11 is 0. The maximum Gasteiger partial charge on any atom is 0.309 e. The van der Waals surface area contributed by atoms with Gasteiger partial charge >= 0.3 is 65.7 Å². The van der Waals surface area contributed by atoms with Crippen molar-refractivity contribution in [3.05, 3.63) is 108 Å². The summed E-state index contributed by atoms with van der Waals surface area (Å²) in [6.07, 6.45) is 9.55. The van der Waals surface area contributed by atoms with E-state index in [9.17, 15) is 89.9 Å². The molecular weight excluding hydrogens is 1730 g/mol. The van der Waals surface area contributed by atoms with Gasteiger partial charge in [0.25, 0.3) is 0 Å². The van der Waals surface area contributed by atoms with E-state index in [-0.39, 0.29) is 62.4 Å². The summed E-state index contributed by atoms with van der Waals surface area (Å²) in [6, 6.07) is 28.2. The number of aliphatic carboxylic acids is 7. The average molecular weight is 1890 g/mol. The summed E-state index contributed by atoms with van der Waals surface area (Å²) in [5.74, 6) is -13.7. The minimum absolute atomic E-state index is 0.0378. The van der Waals surface area contributed by atoms with E-state index < -0.39 is 164 Å². The van der Waals surface area contributed by atoms with Gasteiger partial charge in [0, 0.05) is 93.7 Å². The first-order valence-electron chi connectivity index (χ1n) is 42.8. The van der Waals surface area contributed by atoms with Gasteiger partial charge in [-0.15, -0.1) is 0 Å². The molecule has 3 rings (SSSR count). The molecule has 125 heavy (non-hydrogen) atoms. The average Bonchev–Trinajstić information content (AvgIpc) is 0.850. The summed E-state index contributed by atoms with van der Waals surface area (Å²) in [7, 11) is -17.0. The van der Waals surface area contributed by atoms with Gasteiger partial charge < -0.3 is 82.7 Å². The molecule has 0 aliphatic carbocycles. The van der Waals surface area contributed by atoms with Crippen molar-refractivity contribution in [2.45, 2.75) is 208 Å². The minimum Gasteiger partial charge on any atom is -0.481 e. The first kappa shape index (κ1) is 124. The maximum atomic E-state index is 12.7. The molecule has 9 N–H and O–H groups in total. The molecule has 0 spiro atoms. The lowest BCUT2D eigenvalue weighted by molar-refractivity contribution is -0.149. The molecule has 0 heterocycles. The van der Waals surface area contributed by atoms with Gasteiger partial charge in [0.05, 0.1) is 82.5 Å². The normalized spacial score (nSPS) is 16.6. The van der Waals surface area contributed by atoms with Gasteiger partial charge in [-0.05, 0) is 86.8 Å². The highest BCUT2D eigenvalue weighted by Crippen LogP contribution is 2.50. The van der Waals surface area contributed by atoms with Crippen LogP contribution in [0.25, 0.3) is 0 Å². The number of hydrogen-bond acceptors (Lipinski definition) is 21. The smallest absolute Gasteiger partial charge is 0.309 e. The summed E-state index contributed by atoms with van der Waals surface area (Å²) < 4.78 is 93.9. The molecule has 0 aliphatic heterocycles. The van der Waals surface area contributed by atoms with Gasteiger partial charge in [0.2, 0.25) is 14.7 Å². The molecule has 36 heteroatoms. The topological polar surface area (TPSA) is 509 Å². The van der Waals surface area contributed by atoms with E-state index in [0.717, 1.165) is 80.4 Å². The third kappa shape index (κ3) is 69.8. The molecular formula is C89H152O30P6. The second-order valence-corrected chi connectivity index (χ2v) is 52.3. The number of carbonyl (C=O) groups excluding carboxylic acids is 4. The molecule has 18 atom stereocenters. The Labute approximate surface area is 743 Å². The summed E-state index contributed by atoms with van der Waals surface area (Å²) in [5, 5.41) is 61.2. The fourth-order valence-corrected chi connectivity index (χ4v) is 30.0. The number of carbonyl (C=O) groups is 11. The van der Waals surface area contributed by atoms with Crippen LogP contribution in [-0.4, -0.2) is 218 Å². The van der Waals surface area contributed by atoms with Crippen molar-refractivity contribution in [1.82, 2.24) is 0 Å². The second-order valence-electron chi connectivity index (χ2n) is 34.2. The zero-order valence-electron chi connectivity index (χ0n) is 77.7. The van der Waals surface area contributed by atoms with E-state index in [2.05, 4.69) is 60.1 Å². The van der Waals surface area contributed by atoms with Crippen LogP contribution < -0.4 is 0 Å². The van der Waals surface area contributed by atoms with Crippen LogP contribution in [0.15, 0.2) is 91.0 Å². The molecule has 0 saturated heterocycles. The van der Waals surface area contributed by atoms with E-state index in [1.807, 2.05) is 93.9 Å². The van der Waals surface area contributed by atoms with Gasteiger partial charge in [-0.2, -0.15) is 0 Å². The van der Waals surface area contributed by atoms with Crippen LogP contribution in [-0.2, 0) is 119 Å². The fourth-order valence-electron chi connectivity index (χ4n) is 13.7. The van der Waals surface area contributed by atoms with Gasteiger partial charge in [-0.1, -0.05) is 239 Å². The molecule has 0 bridgehead atoms. The van der Waals surface area contributed by atoms with Crippen molar-refractivity contribution in [2.24, 2.45) is 71.0 Å². The Morgan fingerprint density at radius 1 is 0.296 bits per heavy atom. The van der Waals surface area contributed by atoms with Crippen LogP contribution >= 0.6 is 43.3 Å². The molecule has 0 saturated carbocycles. The Balaban J connectivity index is -0.000000699. The van der Waals surface area contributed by atoms with Gasteiger partial charge in [-0.3, -0.25) is 61.9 Å². The third-order valence-electron chi connectivity index (χ3n) is 19.3. The van der Waals surface area contributed by atoms with Crippen LogP contribution in [0.5, 0.6) is 0 Å². The minimum atomic E-state index is -3.94. The van der Waals surface area contributed by atoms with E-state index in [1.165, 1.54) is 20.8 Å². The Bertz CT molecular complexity index is 3810. The molecule has 30 nitrogen and oxygen atoms in total. The Morgan fingerprint density at radius 3 is 0.704 bits per heavy atom. The number of esters is 4. The predicted octanol–water partition coefficient (Wildman–Crippen LogP) is 19.2. The number of carboxylic acids is 7. The molecule has 0 fully saturated rings. The van der Waals surface area contributed by atoms with Crippen molar-refractivity contribution in [2.75, 3.05) is 107 Å². The highest BCUT2D eigenvalue weighted by molar-refractivity contribution is 7.64. The van der Waals surface area contributed by atoms with E-state index in [4.69, 9.17) is 50.0 Å². The zero-order valence-corrected chi connectivity index (χ0v) is 83.0. The zero-order chi connectivity index (χ0) is 97.2. The standard InChI is InChI=1S/2C18H29O3P.C17H23O8P.2C11H23O3P.C10H17O8P.C4H8O2/c2*1-5-9-15(2)13-22(4,20)14-16(3)18(19)21-12-17-10-7-6-8-11-17;1-12(17(22)25-9-13-5-3-2-4-6-13)10-26(23,24)11-14(16(20)21)7-8-15(18)19;2*1-5-6-9(2)7-15(4,14)8-10(3)11(12)13;1-6(9(13)14)4-19(17,18)5-7(10(15)16)2-3-8(11)12;1-3-6-4(2)5/h2*6-8,10-11,15-16H,5,9,12-14H2,1-4H3;2-6,12,14H,7-11H2,1H3,(H,18,19)(H,20,21)(H,23,24);2*9-10H,5-8H2,1-4H3,(H,12,13);6-7H,2-5H2,1H3,(H,11,12)(H,13,14)(H,15,16)(H,17,18);3H2,1-2H3. The van der Waals surface area contributed by atoms with Gasteiger partial charge in [0.1, 0.15) is 19.8 Å². The van der Waals surface area contributed by atoms with E-state index in [1.54, 1.807) is 58.4 Å². The lowest BCUT2D eigenvalue weighted by Gasteiger charge is -2.20. The molecule has 718 valence electrons. The molecule has 0 aliphatic rings. The first-order valence-corrected chi connectivity index (χ1v) is 57.0. The number of carboxylic acid groups (broad SMARTS) is 7. The summed E-state index contributed by atoms with van der Waals surface area (Å²) in [6.45, 7) is 37.9. The molecule has 0 amide bonds. The monoisotopic (exact) mass is 1890 g/mol. The largest absolute Gasteiger partial charge is 0.481 e. The second kappa shape index (κ2) is 66.5. The number of ether oxygens (including phenoxy) is 4. The lowest BCUT2D eigenvalue weighted by Crippen LogP contribution is -2.23. The van der Waals surface area contributed by atoms with Crippen LogP contribution in [0.3, 0.4) is 0 Å². The maximum absolute atomic E-state index is 12.7. The number of hydrogen-bond donors (Lipinski definition) is 9. The van der Waals surface area contributed by atoms with Crippen molar-refractivity contribution in [3.8, 4) is 0 Å². The van der Waals surface area contributed by atoms with Crippen LogP contribution in [0.4, 0.5) is 0 Å². The highest BCUT2D eigenvalue weighted by atomic mass is 31.2. The van der Waals surface area contributed by atoms with Crippen LogP contribution in [0, 0.1) is 71.0 Å². The molecule has 18 unspecified atom stereocenters. The molecule has 3 aromatic rings. The fraction of sp³-hybridized carbons (Fsp3) is 0.674. The van der Waals surface area contributed by atoms with Crippen molar-refractivity contribution in [1.29, 1.82) is 0 Å².